The average Bonchev–Trinajstić information content (AvgIpc) is 3.28. The fourth-order valence-electron chi connectivity index (χ4n) is 5.65. The lowest BCUT2D eigenvalue weighted by Gasteiger charge is -2.38. The van der Waals surface area contributed by atoms with E-state index in [-0.39, 0.29) is 17.4 Å². The Kier molecular flexibility index (Phi) is 8.88. The quantitative estimate of drug-likeness (QED) is 0.285. The number of fused-ring (bicyclic) bond motifs is 1. The normalized spacial score (nSPS) is 23.0. The zero-order valence-corrected chi connectivity index (χ0v) is 24.2. The van der Waals surface area contributed by atoms with Gasteiger partial charge in [0.05, 0.1) is 10.4 Å². The molecule has 1 fully saturated rings. The lowest BCUT2D eigenvalue weighted by atomic mass is 9.87. The number of allylic oxidation sites excluding steroid dienone is 2. The molecule has 2 aromatic carbocycles. The Labute approximate surface area is 223 Å². The summed E-state index contributed by atoms with van der Waals surface area (Å²) in [5.41, 5.74) is 4.15. The molecular weight excluding hydrogens is 502 g/mol. The molecule has 0 amide bonds. The minimum absolute atomic E-state index is 0.0315. The third kappa shape index (κ3) is 5.69. The summed E-state index contributed by atoms with van der Waals surface area (Å²) in [6.07, 6.45) is 2.93. The van der Waals surface area contributed by atoms with Crippen molar-refractivity contribution < 1.29 is 21.7 Å². The van der Waals surface area contributed by atoms with Gasteiger partial charge in [0.25, 0.3) is 0 Å². The van der Waals surface area contributed by atoms with E-state index in [1.165, 1.54) is 0 Å². The topological polar surface area (TPSA) is 65.1 Å². The van der Waals surface area contributed by atoms with Gasteiger partial charge in [-0.1, -0.05) is 66.3 Å². The highest BCUT2D eigenvalue weighted by Gasteiger charge is 2.57. The molecule has 0 spiro atoms. The fourth-order valence-corrected chi connectivity index (χ4v) is 10.5. The molecule has 6 nitrogen and oxygen atoms in total. The predicted octanol–water partition coefficient (Wildman–Crippen LogP) is 5.69. The molecule has 3 atom stereocenters. The van der Waals surface area contributed by atoms with E-state index < -0.39 is 18.8 Å². The predicted molar refractivity (Wildman–Crippen MR) is 149 cm³/mol. The molecule has 0 saturated carbocycles. The number of hydrogen-bond donors (Lipinski definition) is 0. The van der Waals surface area contributed by atoms with Crippen LogP contribution in [0.1, 0.15) is 38.3 Å². The summed E-state index contributed by atoms with van der Waals surface area (Å²) in [7, 11) is -6.89. The third-order valence-electron chi connectivity index (χ3n) is 7.36. The number of hydrogen-bond acceptors (Lipinski definition) is 5. The Hall–Kier alpha value is -2.07. The third-order valence-corrected chi connectivity index (χ3v) is 12.7. The Balaban J connectivity index is 1.81. The van der Waals surface area contributed by atoms with Crippen molar-refractivity contribution in [1.82, 2.24) is 4.31 Å². The van der Waals surface area contributed by atoms with Gasteiger partial charge in [0.1, 0.15) is 0 Å². The Morgan fingerprint density at radius 1 is 0.919 bits per heavy atom. The van der Waals surface area contributed by atoms with Crippen molar-refractivity contribution in [2.45, 2.75) is 44.6 Å². The number of aryl methyl sites for hydroxylation is 1. The molecule has 200 valence electrons. The van der Waals surface area contributed by atoms with Gasteiger partial charge < -0.3 is 13.3 Å². The van der Waals surface area contributed by atoms with Crippen LogP contribution in [0, 0.1) is 18.8 Å². The maximum atomic E-state index is 13.7. The van der Waals surface area contributed by atoms with Gasteiger partial charge in [-0.2, -0.15) is 4.31 Å². The molecule has 1 heterocycles. The van der Waals surface area contributed by atoms with Crippen molar-refractivity contribution in [3.05, 3.63) is 84.0 Å². The first-order valence-corrected chi connectivity index (χ1v) is 16.4. The van der Waals surface area contributed by atoms with Crippen LogP contribution in [0.15, 0.2) is 77.7 Å². The number of benzene rings is 2. The number of nitrogens with zero attached hydrogens (tertiary/aromatic N) is 1. The summed E-state index contributed by atoms with van der Waals surface area (Å²) in [6, 6.07) is 17.4. The van der Waals surface area contributed by atoms with E-state index in [4.69, 9.17) is 13.3 Å². The fraction of sp³-hybridized carbons (Fsp3) is 0.448. The molecule has 2 aliphatic rings. The van der Waals surface area contributed by atoms with Crippen LogP contribution in [-0.2, 0) is 23.3 Å². The summed E-state index contributed by atoms with van der Waals surface area (Å²) in [6.45, 7) is 14.4. The van der Waals surface area contributed by atoms with E-state index in [0.29, 0.717) is 44.2 Å². The van der Waals surface area contributed by atoms with E-state index in [0.717, 1.165) is 22.3 Å². The van der Waals surface area contributed by atoms with E-state index in [1.807, 2.05) is 58.0 Å². The second-order valence-electron chi connectivity index (χ2n) is 9.73. The largest absolute Gasteiger partial charge is 0.508 e. The highest BCUT2D eigenvalue weighted by molar-refractivity contribution is 7.89. The van der Waals surface area contributed by atoms with Gasteiger partial charge in [-0.15, -0.1) is 0 Å². The Morgan fingerprint density at radius 2 is 1.51 bits per heavy atom. The van der Waals surface area contributed by atoms with Gasteiger partial charge in [-0.25, -0.2) is 8.42 Å². The SMILES string of the molecule is C=C1CC(c2ccccc2)=C[C@@H]([Si](OCC)(OCC)OCC)[C@@H]2CN(S(=O)(=O)c3ccc(C)cc3)C[C@H]12. The van der Waals surface area contributed by atoms with Crippen LogP contribution < -0.4 is 0 Å². The highest BCUT2D eigenvalue weighted by Crippen LogP contribution is 2.50. The molecule has 1 aliphatic carbocycles. The summed E-state index contributed by atoms with van der Waals surface area (Å²) >= 11 is 0. The van der Waals surface area contributed by atoms with Crippen LogP contribution in [0.2, 0.25) is 5.54 Å². The first-order valence-electron chi connectivity index (χ1n) is 13.2. The maximum absolute atomic E-state index is 13.7. The molecule has 0 N–H and O–H groups in total. The Bertz CT molecular complexity index is 1200. The van der Waals surface area contributed by atoms with Crippen molar-refractivity contribution in [3.8, 4) is 0 Å². The number of rotatable bonds is 10. The van der Waals surface area contributed by atoms with Crippen LogP contribution in [0.3, 0.4) is 0 Å². The van der Waals surface area contributed by atoms with Crippen molar-refractivity contribution >= 4 is 24.4 Å². The van der Waals surface area contributed by atoms with E-state index in [1.54, 1.807) is 16.4 Å². The minimum Gasteiger partial charge on any atom is -0.373 e. The molecule has 1 saturated heterocycles. The van der Waals surface area contributed by atoms with Gasteiger partial charge in [0.15, 0.2) is 0 Å². The van der Waals surface area contributed by atoms with Gasteiger partial charge in [-0.3, -0.25) is 0 Å². The molecule has 37 heavy (non-hydrogen) atoms. The molecular formula is C29H39NO5SSi. The summed E-state index contributed by atoms with van der Waals surface area (Å²) < 4.78 is 48.2. The Morgan fingerprint density at radius 3 is 2.08 bits per heavy atom. The van der Waals surface area contributed by atoms with Crippen LogP contribution in [0.25, 0.3) is 5.57 Å². The van der Waals surface area contributed by atoms with Crippen molar-refractivity contribution in [1.29, 1.82) is 0 Å². The lowest BCUT2D eigenvalue weighted by Crippen LogP contribution is -2.53. The minimum atomic E-state index is -3.66. The van der Waals surface area contributed by atoms with Crippen LogP contribution >= 0.6 is 0 Å². The van der Waals surface area contributed by atoms with Gasteiger partial charge in [-0.05, 0) is 69.2 Å². The second-order valence-corrected chi connectivity index (χ2v) is 14.4. The highest BCUT2D eigenvalue weighted by atomic mass is 32.2. The van der Waals surface area contributed by atoms with E-state index in [2.05, 4.69) is 24.8 Å². The monoisotopic (exact) mass is 541 g/mol. The molecule has 0 unspecified atom stereocenters. The molecule has 1 aliphatic heterocycles. The second kappa shape index (κ2) is 11.8. The van der Waals surface area contributed by atoms with Gasteiger partial charge in [0, 0.05) is 32.9 Å². The van der Waals surface area contributed by atoms with Gasteiger partial charge in [0.2, 0.25) is 10.0 Å². The van der Waals surface area contributed by atoms with Crippen molar-refractivity contribution in [2.75, 3.05) is 32.9 Å². The molecule has 2 aromatic rings. The van der Waals surface area contributed by atoms with Crippen LogP contribution in [0.4, 0.5) is 0 Å². The molecule has 0 aromatic heterocycles. The summed E-state index contributed by atoms with van der Waals surface area (Å²) in [4.78, 5) is 0.320. The molecule has 0 bridgehead atoms. The number of sulfonamides is 1. The maximum Gasteiger partial charge on any atom is 0.508 e. The van der Waals surface area contributed by atoms with E-state index >= 15 is 0 Å². The first kappa shape index (κ1) is 27.9. The molecule has 8 heteroatoms. The standard InChI is InChI=1S/C29H39NO5SSi/c1-6-33-37(34-7-2,35-8-3)29-19-25(24-12-10-9-11-13-24)18-23(5)27-20-30(21-28(27)29)36(31,32)26-16-14-22(4)15-17-26/h9-17,19,27-29H,5-8,18,20-21H2,1-4H3/t27-,28-,29-/m1/s1. The van der Waals surface area contributed by atoms with Gasteiger partial charge >= 0.3 is 8.80 Å². The zero-order chi connectivity index (χ0) is 26.6. The smallest absolute Gasteiger partial charge is 0.373 e. The molecule has 4 rings (SSSR count). The zero-order valence-electron chi connectivity index (χ0n) is 22.4. The summed E-state index contributed by atoms with van der Waals surface area (Å²) in [5.74, 6) is -0.0961. The van der Waals surface area contributed by atoms with E-state index in [9.17, 15) is 8.42 Å². The lowest BCUT2D eigenvalue weighted by molar-refractivity contribution is 0.0584. The summed E-state index contributed by atoms with van der Waals surface area (Å²) in [5, 5.41) is 0. The first-order chi connectivity index (χ1) is 17.8. The van der Waals surface area contributed by atoms with Crippen LogP contribution in [-0.4, -0.2) is 54.4 Å². The average molecular weight is 542 g/mol. The molecule has 0 radical (unpaired) electrons. The van der Waals surface area contributed by atoms with Crippen LogP contribution in [0.5, 0.6) is 0 Å². The van der Waals surface area contributed by atoms with Crippen molar-refractivity contribution in [3.63, 3.8) is 0 Å². The van der Waals surface area contributed by atoms with Crippen molar-refractivity contribution in [2.24, 2.45) is 11.8 Å².